The third-order valence-corrected chi connectivity index (χ3v) is 4.04. The lowest BCUT2D eigenvalue weighted by Gasteiger charge is -2.35. The zero-order chi connectivity index (χ0) is 15.4. The fraction of sp³-hybridized carbons (Fsp3) is 0.278. The molecule has 0 spiro atoms. The van der Waals surface area contributed by atoms with Gasteiger partial charge in [0.25, 0.3) is 0 Å². The molecule has 2 aromatic carbocycles. The van der Waals surface area contributed by atoms with Crippen molar-refractivity contribution in [1.29, 1.82) is 0 Å². The second-order valence-electron chi connectivity index (χ2n) is 5.64. The molecule has 1 aliphatic rings. The Labute approximate surface area is 130 Å². The van der Waals surface area contributed by atoms with E-state index >= 15 is 0 Å². The first-order chi connectivity index (χ1) is 10.7. The van der Waals surface area contributed by atoms with Crippen LogP contribution in [0.1, 0.15) is 15.9 Å². The number of nitrogens with one attached hydrogen (secondary N) is 1. The van der Waals surface area contributed by atoms with E-state index in [0.717, 1.165) is 31.7 Å². The summed E-state index contributed by atoms with van der Waals surface area (Å²) >= 11 is 0. The second-order valence-corrected chi connectivity index (χ2v) is 5.64. The molecule has 4 nitrogen and oxygen atoms in total. The molecule has 0 aliphatic carbocycles. The minimum absolute atomic E-state index is 0.343. The molecule has 2 aromatic rings. The number of carboxylic acid groups (broad SMARTS) is 1. The summed E-state index contributed by atoms with van der Waals surface area (Å²) in [6.45, 7) is 2.70. The average molecular weight is 296 g/mol. The highest BCUT2D eigenvalue weighted by atomic mass is 16.4. The Morgan fingerprint density at radius 1 is 1.18 bits per heavy atom. The fourth-order valence-corrected chi connectivity index (χ4v) is 2.93. The van der Waals surface area contributed by atoms with E-state index in [0.29, 0.717) is 11.6 Å². The van der Waals surface area contributed by atoms with Gasteiger partial charge in [0.1, 0.15) is 0 Å². The number of benzene rings is 2. The first-order valence-corrected chi connectivity index (χ1v) is 7.58. The third-order valence-electron chi connectivity index (χ3n) is 4.04. The number of carbonyl (C=O) groups is 1. The molecule has 0 aromatic heterocycles. The number of rotatable bonds is 4. The summed E-state index contributed by atoms with van der Waals surface area (Å²) in [6, 6.07) is 18.0. The molecule has 1 atom stereocenters. The first-order valence-electron chi connectivity index (χ1n) is 7.58. The number of carboxylic acids is 1. The van der Waals surface area contributed by atoms with Crippen molar-refractivity contribution in [3.63, 3.8) is 0 Å². The molecule has 1 unspecified atom stereocenters. The van der Waals surface area contributed by atoms with E-state index in [1.54, 1.807) is 12.1 Å². The Morgan fingerprint density at radius 3 is 2.77 bits per heavy atom. The van der Waals surface area contributed by atoms with Gasteiger partial charge in [0.05, 0.1) is 5.56 Å². The molecule has 1 saturated heterocycles. The van der Waals surface area contributed by atoms with Crippen LogP contribution in [0.2, 0.25) is 0 Å². The predicted molar refractivity (Wildman–Crippen MR) is 87.6 cm³/mol. The zero-order valence-corrected chi connectivity index (χ0v) is 12.4. The van der Waals surface area contributed by atoms with Crippen molar-refractivity contribution in [2.75, 3.05) is 24.5 Å². The van der Waals surface area contributed by atoms with E-state index in [9.17, 15) is 4.79 Å². The summed E-state index contributed by atoms with van der Waals surface area (Å²) in [7, 11) is 0. The normalized spacial score (nSPS) is 18.2. The van der Waals surface area contributed by atoms with Gasteiger partial charge in [-0.1, -0.05) is 36.4 Å². The molecule has 1 heterocycles. The van der Waals surface area contributed by atoms with Crippen LogP contribution in [0.5, 0.6) is 0 Å². The summed E-state index contributed by atoms with van der Waals surface area (Å²) in [6.07, 6.45) is 0.982. The molecular weight excluding hydrogens is 276 g/mol. The maximum Gasteiger partial charge on any atom is 0.335 e. The molecule has 0 saturated carbocycles. The summed E-state index contributed by atoms with van der Waals surface area (Å²) in [5.74, 6) is -0.877. The highest BCUT2D eigenvalue weighted by molar-refractivity contribution is 5.88. The number of piperazine rings is 1. The fourth-order valence-electron chi connectivity index (χ4n) is 2.93. The minimum atomic E-state index is -0.877. The van der Waals surface area contributed by atoms with Crippen LogP contribution in [0.25, 0.3) is 0 Å². The summed E-state index contributed by atoms with van der Waals surface area (Å²) in [5.41, 5.74) is 2.65. The number of hydrogen-bond donors (Lipinski definition) is 2. The van der Waals surface area contributed by atoms with E-state index in [2.05, 4.69) is 34.5 Å². The highest BCUT2D eigenvalue weighted by Gasteiger charge is 2.20. The van der Waals surface area contributed by atoms with Gasteiger partial charge in [-0.05, 0) is 30.2 Å². The number of hydrogen-bond acceptors (Lipinski definition) is 3. The maximum atomic E-state index is 11.1. The van der Waals surface area contributed by atoms with Crippen molar-refractivity contribution in [3.8, 4) is 0 Å². The summed E-state index contributed by atoms with van der Waals surface area (Å²) in [4.78, 5) is 13.4. The number of nitrogens with zero attached hydrogens (tertiary/aromatic N) is 1. The second kappa shape index (κ2) is 6.62. The summed E-state index contributed by atoms with van der Waals surface area (Å²) < 4.78 is 0. The van der Waals surface area contributed by atoms with Gasteiger partial charge >= 0.3 is 5.97 Å². The van der Waals surface area contributed by atoms with Crippen LogP contribution < -0.4 is 10.2 Å². The largest absolute Gasteiger partial charge is 0.478 e. The van der Waals surface area contributed by atoms with Crippen molar-refractivity contribution in [1.82, 2.24) is 5.32 Å². The molecule has 3 rings (SSSR count). The van der Waals surface area contributed by atoms with Gasteiger partial charge in [0.2, 0.25) is 0 Å². The third kappa shape index (κ3) is 3.46. The molecular formula is C18H20N2O2. The van der Waals surface area contributed by atoms with Crippen molar-refractivity contribution in [3.05, 3.63) is 65.7 Å². The zero-order valence-electron chi connectivity index (χ0n) is 12.4. The van der Waals surface area contributed by atoms with Crippen LogP contribution in [0.4, 0.5) is 5.69 Å². The van der Waals surface area contributed by atoms with E-state index in [1.807, 2.05) is 18.2 Å². The monoisotopic (exact) mass is 296 g/mol. The van der Waals surface area contributed by atoms with Crippen molar-refractivity contribution in [2.24, 2.45) is 0 Å². The van der Waals surface area contributed by atoms with Crippen LogP contribution in [-0.2, 0) is 6.42 Å². The van der Waals surface area contributed by atoms with Crippen molar-refractivity contribution >= 4 is 11.7 Å². The van der Waals surface area contributed by atoms with E-state index in [4.69, 9.17) is 5.11 Å². The van der Waals surface area contributed by atoms with Gasteiger partial charge in [0, 0.05) is 31.4 Å². The Hall–Kier alpha value is -2.33. The van der Waals surface area contributed by atoms with Crippen LogP contribution >= 0.6 is 0 Å². The van der Waals surface area contributed by atoms with Crippen LogP contribution in [-0.4, -0.2) is 36.8 Å². The Balaban J connectivity index is 1.70. The van der Waals surface area contributed by atoms with E-state index in [-0.39, 0.29) is 0 Å². The maximum absolute atomic E-state index is 11.1. The molecule has 114 valence electrons. The van der Waals surface area contributed by atoms with Crippen molar-refractivity contribution < 1.29 is 9.90 Å². The van der Waals surface area contributed by atoms with Crippen molar-refractivity contribution in [2.45, 2.75) is 12.5 Å². The molecule has 2 N–H and O–H groups in total. The van der Waals surface area contributed by atoms with Gasteiger partial charge in [-0.3, -0.25) is 0 Å². The highest BCUT2D eigenvalue weighted by Crippen LogP contribution is 2.19. The molecule has 1 aliphatic heterocycles. The quantitative estimate of drug-likeness (QED) is 0.910. The van der Waals surface area contributed by atoms with Gasteiger partial charge < -0.3 is 15.3 Å². The predicted octanol–water partition coefficient (Wildman–Crippen LogP) is 2.41. The standard InChI is InChI=1S/C18H20N2O2/c21-18(22)15-7-4-8-17(12-15)20-10-9-19-16(13-20)11-14-5-2-1-3-6-14/h1-8,12,16,19H,9-11,13H2,(H,21,22). The molecule has 0 radical (unpaired) electrons. The molecule has 0 amide bonds. The SMILES string of the molecule is O=C(O)c1cccc(N2CCNC(Cc3ccccc3)C2)c1. The Bertz CT molecular complexity index is 643. The minimum Gasteiger partial charge on any atom is -0.478 e. The van der Waals surface area contributed by atoms with Gasteiger partial charge in [-0.2, -0.15) is 0 Å². The van der Waals surface area contributed by atoms with E-state index < -0.39 is 5.97 Å². The molecule has 1 fully saturated rings. The van der Waals surface area contributed by atoms with Crippen LogP contribution in [0, 0.1) is 0 Å². The Kier molecular flexibility index (Phi) is 4.39. The molecule has 4 heteroatoms. The Morgan fingerprint density at radius 2 is 2.00 bits per heavy atom. The lowest BCUT2D eigenvalue weighted by Crippen LogP contribution is -2.51. The molecule has 22 heavy (non-hydrogen) atoms. The van der Waals surface area contributed by atoms with Gasteiger partial charge in [0.15, 0.2) is 0 Å². The lowest BCUT2D eigenvalue weighted by atomic mass is 10.0. The average Bonchev–Trinajstić information content (AvgIpc) is 2.56. The van der Waals surface area contributed by atoms with Crippen LogP contribution in [0.15, 0.2) is 54.6 Å². The number of aromatic carboxylic acids is 1. The van der Waals surface area contributed by atoms with Gasteiger partial charge in [-0.15, -0.1) is 0 Å². The smallest absolute Gasteiger partial charge is 0.335 e. The van der Waals surface area contributed by atoms with E-state index in [1.165, 1.54) is 5.56 Å². The number of anilines is 1. The van der Waals surface area contributed by atoms with Gasteiger partial charge in [-0.25, -0.2) is 4.79 Å². The topological polar surface area (TPSA) is 52.6 Å². The lowest BCUT2D eigenvalue weighted by molar-refractivity contribution is 0.0697. The summed E-state index contributed by atoms with van der Waals surface area (Å²) in [5, 5.41) is 12.7. The first kappa shape index (κ1) is 14.6. The van der Waals surface area contributed by atoms with Crippen LogP contribution in [0.3, 0.4) is 0 Å². The molecule has 0 bridgehead atoms.